The molecule has 0 aliphatic rings. The van der Waals surface area contributed by atoms with Gasteiger partial charge in [-0.15, -0.1) is 0 Å². The fourth-order valence-electron chi connectivity index (χ4n) is 1.99. The zero-order valence-electron chi connectivity index (χ0n) is 12.5. The summed E-state index contributed by atoms with van der Waals surface area (Å²) >= 11 is 0. The molecule has 0 aromatic heterocycles. The fraction of sp³-hybridized carbons (Fsp3) is 0.533. The summed E-state index contributed by atoms with van der Waals surface area (Å²) in [5, 5.41) is 15.2. The maximum Gasteiger partial charge on any atom is 0.144 e. The molecule has 0 aliphatic heterocycles. The Labute approximate surface area is 120 Å². The molecule has 0 heterocycles. The topological polar surface area (TPSA) is 79.9 Å². The molecule has 0 amide bonds. The molecule has 0 bridgehead atoms. The molecule has 0 spiro atoms. The van der Waals surface area contributed by atoms with Crippen molar-refractivity contribution in [1.29, 1.82) is 0 Å². The zero-order chi connectivity index (χ0) is 15.0. The minimum absolute atomic E-state index is 0.275. The van der Waals surface area contributed by atoms with Gasteiger partial charge in [0, 0.05) is 30.3 Å². The number of amidine groups is 1. The third kappa shape index (κ3) is 4.74. The lowest BCUT2D eigenvalue weighted by Crippen LogP contribution is -2.32. The van der Waals surface area contributed by atoms with E-state index in [-0.39, 0.29) is 11.3 Å². The van der Waals surface area contributed by atoms with Gasteiger partial charge < -0.3 is 21.0 Å². The number of rotatable bonds is 8. The number of para-hydroxylation sites is 1. The molecule has 0 fully saturated rings. The van der Waals surface area contributed by atoms with Crippen molar-refractivity contribution >= 4 is 11.5 Å². The van der Waals surface area contributed by atoms with Gasteiger partial charge >= 0.3 is 0 Å². The van der Waals surface area contributed by atoms with Crippen molar-refractivity contribution in [2.24, 2.45) is 16.3 Å². The van der Waals surface area contributed by atoms with Gasteiger partial charge in [-0.1, -0.05) is 37.2 Å². The maximum absolute atomic E-state index is 8.73. The maximum atomic E-state index is 8.73. The van der Waals surface area contributed by atoms with Gasteiger partial charge in [0.05, 0.1) is 6.61 Å². The highest BCUT2D eigenvalue weighted by Crippen LogP contribution is 2.23. The highest BCUT2D eigenvalue weighted by Gasteiger charge is 2.22. The summed E-state index contributed by atoms with van der Waals surface area (Å²) in [5.41, 5.74) is 7.62. The van der Waals surface area contributed by atoms with Gasteiger partial charge in [-0.25, -0.2) is 0 Å². The first-order valence-corrected chi connectivity index (χ1v) is 6.80. The molecule has 0 radical (unpaired) electrons. The Morgan fingerprint density at radius 3 is 2.75 bits per heavy atom. The number of oxime groups is 1. The first kappa shape index (κ1) is 16.3. The van der Waals surface area contributed by atoms with Gasteiger partial charge in [0.25, 0.3) is 0 Å². The van der Waals surface area contributed by atoms with Gasteiger partial charge in [0.1, 0.15) is 5.84 Å². The molecule has 4 N–H and O–H groups in total. The number of anilines is 1. The van der Waals surface area contributed by atoms with Gasteiger partial charge in [-0.05, 0) is 18.9 Å². The van der Waals surface area contributed by atoms with Crippen molar-refractivity contribution in [2.45, 2.75) is 33.3 Å². The van der Waals surface area contributed by atoms with Crippen molar-refractivity contribution in [3.8, 4) is 0 Å². The molecule has 112 valence electrons. The lowest BCUT2D eigenvalue weighted by atomic mass is 9.86. The molecule has 5 nitrogen and oxygen atoms in total. The SMILES string of the molecule is COCc1ccccc1NCCCC(C)(C)C(N)=NO. The van der Waals surface area contributed by atoms with E-state index in [1.165, 1.54) is 0 Å². The number of benzene rings is 1. The zero-order valence-corrected chi connectivity index (χ0v) is 12.5. The van der Waals surface area contributed by atoms with Crippen molar-refractivity contribution in [3.63, 3.8) is 0 Å². The molecule has 0 saturated carbocycles. The highest BCUT2D eigenvalue weighted by molar-refractivity contribution is 5.85. The summed E-state index contributed by atoms with van der Waals surface area (Å²) in [4.78, 5) is 0. The Hall–Kier alpha value is -1.75. The average Bonchev–Trinajstić information content (AvgIpc) is 2.44. The third-order valence-electron chi connectivity index (χ3n) is 3.41. The smallest absolute Gasteiger partial charge is 0.144 e. The Morgan fingerprint density at radius 1 is 1.40 bits per heavy atom. The number of nitrogens with two attached hydrogens (primary N) is 1. The quantitative estimate of drug-likeness (QED) is 0.225. The molecule has 20 heavy (non-hydrogen) atoms. The Kier molecular flexibility index (Phi) is 6.31. The molecule has 1 aromatic carbocycles. The normalized spacial score (nSPS) is 12.4. The second-order valence-corrected chi connectivity index (χ2v) is 5.49. The van der Waals surface area contributed by atoms with Crippen LogP contribution in [0.1, 0.15) is 32.3 Å². The van der Waals surface area contributed by atoms with Crippen LogP contribution in [-0.2, 0) is 11.3 Å². The summed E-state index contributed by atoms with van der Waals surface area (Å²) in [6, 6.07) is 8.10. The third-order valence-corrected chi connectivity index (χ3v) is 3.41. The Bertz CT molecular complexity index is 444. The first-order chi connectivity index (χ1) is 9.51. The predicted molar refractivity (Wildman–Crippen MR) is 82.1 cm³/mol. The van der Waals surface area contributed by atoms with E-state index in [4.69, 9.17) is 15.7 Å². The molecule has 5 heteroatoms. The highest BCUT2D eigenvalue weighted by atomic mass is 16.5. The summed E-state index contributed by atoms with van der Waals surface area (Å²) in [7, 11) is 1.69. The van der Waals surface area contributed by atoms with E-state index in [0.717, 1.165) is 30.6 Å². The molecular weight excluding hydrogens is 254 g/mol. The molecule has 1 aromatic rings. The van der Waals surface area contributed by atoms with Crippen LogP contribution in [0.5, 0.6) is 0 Å². The largest absolute Gasteiger partial charge is 0.409 e. The van der Waals surface area contributed by atoms with E-state index in [1.807, 2.05) is 38.1 Å². The first-order valence-electron chi connectivity index (χ1n) is 6.80. The van der Waals surface area contributed by atoms with E-state index >= 15 is 0 Å². The van der Waals surface area contributed by atoms with Crippen LogP contribution in [0.2, 0.25) is 0 Å². The summed E-state index contributed by atoms with van der Waals surface area (Å²) in [6.45, 7) is 5.38. The van der Waals surface area contributed by atoms with Gasteiger partial charge in [-0.3, -0.25) is 0 Å². The number of nitrogens with one attached hydrogen (secondary N) is 1. The van der Waals surface area contributed by atoms with Crippen LogP contribution < -0.4 is 11.1 Å². The van der Waals surface area contributed by atoms with Crippen LogP contribution in [0.4, 0.5) is 5.69 Å². The lowest BCUT2D eigenvalue weighted by Gasteiger charge is -2.22. The van der Waals surface area contributed by atoms with Crippen LogP contribution in [0.3, 0.4) is 0 Å². The number of nitrogens with zero attached hydrogens (tertiary/aromatic N) is 1. The van der Waals surface area contributed by atoms with Crippen molar-refractivity contribution < 1.29 is 9.94 Å². The summed E-state index contributed by atoms with van der Waals surface area (Å²) in [5.74, 6) is 0.275. The minimum Gasteiger partial charge on any atom is -0.409 e. The van der Waals surface area contributed by atoms with Gasteiger partial charge in [-0.2, -0.15) is 0 Å². The number of hydrogen-bond donors (Lipinski definition) is 3. The van der Waals surface area contributed by atoms with Crippen LogP contribution in [0, 0.1) is 5.41 Å². The second kappa shape index (κ2) is 7.75. The summed E-state index contributed by atoms with van der Waals surface area (Å²) < 4.78 is 5.18. The van der Waals surface area contributed by atoms with E-state index in [2.05, 4.69) is 10.5 Å². The molecule has 0 aliphatic carbocycles. The minimum atomic E-state index is -0.289. The molecule has 1 rings (SSSR count). The average molecular weight is 279 g/mol. The van der Waals surface area contributed by atoms with E-state index < -0.39 is 0 Å². The van der Waals surface area contributed by atoms with Crippen LogP contribution >= 0.6 is 0 Å². The van der Waals surface area contributed by atoms with Crippen molar-refractivity contribution in [1.82, 2.24) is 0 Å². The summed E-state index contributed by atoms with van der Waals surface area (Å²) in [6.07, 6.45) is 1.78. The lowest BCUT2D eigenvalue weighted by molar-refractivity contribution is 0.185. The standard InChI is InChI=1S/C15H25N3O2/c1-15(2,14(16)18-19)9-6-10-17-13-8-5-4-7-12(13)11-20-3/h4-5,7-8,17,19H,6,9-11H2,1-3H3,(H2,16,18). The number of ether oxygens (including phenoxy) is 1. The molecular formula is C15H25N3O2. The molecule has 0 unspecified atom stereocenters. The second-order valence-electron chi connectivity index (χ2n) is 5.49. The van der Waals surface area contributed by atoms with Crippen LogP contribution in [0.15, 0.2) is 29.4 Å². The Morgan fingerprint density at radius 2 is 2.10 bits per heavy atom. The fourth-order valence-corrected chi connectivity index (χ4v) is 1.99. The number of methoxy groups -OCH3 is 1. The molecule has 0 atom stereocenters. The van der Waals surface area contributed by atoms with Gasteiger partial charge in [0.15, 0.2) is 0 Å². The van der Waals surface area contributed by atoms with E-state index in [9.17, 15) is 0 Å². The Balaban J connectivity index is 2.45. The number of hydrogen-bond acceptors (Lipinski definition) is 4. The van der Waals surface area contributed by atoms with Crippen molar-refractivity contribution in [2.75, 3.05) is 19.0 Å². The predicted octanol–water partition coefficient (Wildman–Crippen LogP) is 2.80. The van der Waals surface area contributed by atoms with Crippen LogP contribution in [-0.4, -0.2) is 24.7 Å². The molecule has 0 saturated heterocycles. The van der Waals surface area contributed by atoms with Crippen molar-refractivity contribution in [3.05, 3.63) is 29.8 Å². The monoisotopic (exact) mass is 279 g/mol. The van der Waals surface area contributed by atoms with E-state index in [0.29, 0.717) is 6.61 Å². The van der Waals surface area contributed by atoms with Gasteiger partial charge in [0.2, 0.25) is 0 Å². The van der Waals surface area contributed by atoms with E-state index in [1.54, 1.807) is 7.11 Å². The van der Waals surface area contributed by atoms with Crippen LogP contribution in [0.25, 0.3) is 0 Å².